The lowest BCUT2D eigenvalue weighted by Crippen LogP contribution is -2.48. The molecule has 150 valence electrons. The molecular formula is C21H21F2N5O. The van der Waals surface area contributed by atoms with Crippen LogP contribution in [-0.2, 0) is 13.0 Å². The fourth-order valence-corrected chi connectivity index (χ4v) is 3.68. The van der Waals surface area contributed by atoms with Gasteiger partial charge in [-0.3, -0.25) is 9.36 Å². The van der Waals surface area contributed by atoms with Crippen molar-refractivity contribution in [2.24, 2.45) is 5.41 Å². The first kappa shape index (κ1) is 19.2. The first-order valence-electron chi connectivity index (χ1n) is 9.40. The molecule has 0 radical (unpaired) electrons. The van der Waals surface area contributed by atoms with Gasteiger partial charge in [-0.15, -0.1) is 0 Å². The first-order chi connectivity index (χ1) is 13.8. The molecule has 4 rings (SSSR count). The molecule has 0 spiro atoms. The summed E-state index contributed by atoms with van der Waals surface area (Å²) in [5, 5.41) is 0. The van der Waals surface area contributed by atoms with Gasteiger partial charge in [0, 0.05) is 43.4 Å². The van der Waals surface area contributed by atoms with Crippen LogP contribution in [0.1, 0.15) is 19.4 Å². The van der Waals surface area contributed by atoms with Gasteiger partial charge < -0.3 is 4.90 Å². The summed E-state index contributed by atoms with van der Waals surface area (Å²) in [5.74, 6) is -0.632. The Morgan fingerprint density at radius 1 is 1.10 bits per heavy atom. The molecule has 2 aromatic heterocycles. The van der Waals surface area contributed by atoms with E-state index < -0.39 is 11.6 Å². The Hall–Kier alpha value is -3.16. The number of halogens is 2. The monoisotopic (exact) mass is 397 g/mol. The lowest BCUT2D eigenvalue weighted by atomic mass is 9.90. The summed E-state index contributed by atoms with van der Waals surface area (Å²) < 4.78 is 28.9. The van der Waals surface area contributed by atoms with E-state index in [1.165, 1.54) is 24.5 Å². The molecule has 8 heteroatoms. The molecule has 1 aliphatic rings. The van der Waals surface area contributed by atoms with Crippen LogP contribution in [0.4, 0.5) is 14.7 Å². The molecule has 1 aliphatic heterocycles. The summed E-state index contributed by atoms with van der Waals surface area (Å²) >= 11 is 0. The zero-order valence-electron chi connectivity index (χ0n) is 16.3. The van der Waals surface area contributed by atoms with Crippen molar-refractivity contribution < 1.29 is 8.78 Å². The Morgan fingerprint density at radius 3 is 2.66 bits per heavy atom. The molecule has 0 amide bonds. The van der Waals surface area contributed by atoms with Gasteiger partial charge in [-0.25, -0.2) is 23.7 Å². The van der Waals surface area contributed by atoms with Crippen molar-refractivity contribution in [1.29, 1.82) is 0 Å². The Balaban J connectivity index is 1.70. The molecule has 0 bridgehead atoms. The molecule has 0 N–H and O–H groups in total. The largest absolute Gasteiger partial charge is 0.341 e. The lowest BCUT2D eigenvalue weighted by molar-refractivity contribution is 0.274. The number of rotatable bonds is 4. The van der Waals surface area contributed by atoms with Gasteiger partial charge in [0.15, 0.2) is 0 Å². The van der Waals surface area contributed by atoms with E-state index in [1.807, 2.05) is 4.90 Å². The topological polar surface area (TPSA) is 63.9 Å². The van der Waals surface area contributed by atoms with Crippen molar-refractivity contribution in [3.63, 3.8) is 0 Å². The van der Waals surface area contributed by atoms with Crippen molar-refractivity contribution in [2.75, 3.05) is 18.0 Å². The van der Waals surface area contributed by atoms with Crippen LogP contribution in [0, 0.1) is 17.0 Å². The van der Waals surface area contributed by atoms with E-state index in [-0.39, 0.29) is 11.0 Å². The minimum Gasteiger partial charge on any atom is -0.341 e. The van der Waals surface area contributed by atoms with E-state index in [2.05, 4.69) is 28.8 Å². The standard InChI is InChI=1S/C21H21F2N5O/c1-21(2)11-27(8-6-14-3-4-15(22)9-16(14)23)20-26-18(10-19(29)28(20)12-21)17-5-7-24-13-25-17/h3-5,7,9-10,13H,6,8,11-12H2,1-2H3. The zero-order valence-corrected chi connectivity index (χ0v) is 16.3. The van der Waals surface area contributed by atoms with E-state index in [0.29, 0.717) is 49.0 Å². The highest BCUT2D eigenvalue weighted by molar-refractivity contribution is 5.55. The Kier molecular flexibility index (Phi) is 4.86. The Bertz CT molecular complexity index is 1100. The number of hydrogen-bond donors (Lipinski definition) is 0. The average Bonchev–Trinajstić information content (AvgIpc) is 2.68. The number of anilines is 1. The van der Waals surface area contributed by atoms with E-state index in [0.717, 1.165) is 6.07 Å². The maximum Gasteiger partial charge on any atom is 0.255 e. The molecule has 3 aromatic rings. The van der Waals surface area contributed by atoms with Crippen LogP contribution in [-0.4, -0.2) is 32.6 Å². The van der Waals surface area contributed by atoms with Gasteiger partial charge in [0.2, 0.25) is 5.95 Å². The van der Waals surface area contributed by atoms with Crippen LogP contribution in [0.25, 0.3) is 11.4 Å². The second-order valence-corrected chi connectivity index (χ2v) is 8.03. The normalized spacial score (nSPS) is 15.2. The van der Waals surface area contributed by atoms with Gasteiger partial charge in [-0.2, -0.15) is 0 Å². The van der Waals surface area contributed by atoms with E-state index in [4.69, 9.17) is 0 Å². The third-order valence-electron chi connectivity index (χ3n) is 4.99. The SMILES string of the molecule is CC1(C)CN(CCc2ccc(F)cc2F)c2nc(-c3ccncn3)cc(=O)n2C1. The predicted molar refractivity (Wildman–Crippen MR) is 106 cm³/mol. The maximum atomic E-state index is 14.1. The van der Waals surface area contributed by atoms with Gasteiger partial charge in [0.1, 0.15) is 18.0 Å². The Morgan fingerprint density at radius 2 is 1.93 bits per heavy atom. The number of hydrogen-bond acceptors (Lipinski definition) is 5. The second kappa shape index (κ2) is 7.35. The highest BCUT2D eigenvalue weighted by Gasteiger charge is 2.32. The number of fused-ring (bicyclic) bond motifs is 1. The van der Waals surface area contributed by atoms with Crippen molar-refractivity contribution in [1.82, 2.24) is 19.5 Å². The van der Waals surface area contributed by atoms with E-state index in [9.17, 15) is 13.6 Å². The molecule has 0 aliphatic carbocycles. The highest BCUT2D eigenvalue weighted by Crippen LogP contribution is 2.30. The molecule has 0 unspecified atom stereocenters. The average molecular weight is 397 g/mol. The molecule has 0 saturated carbocycles. The number of aromatic nitrogens is 4. The molecule has 0 fully saturated rings. The van der Waals surface area contributed by atoms with E-state index in [1.54, 1.807) is 16.8 Å². The summed E-state index contributed by atoms with van der Waals surface area (Å²) in [6.45, 7) is 5.80. The minimum absolute atomic E-state index is 0.156. The summed E-state index contributed by atoms with van der Waals surface area (Å²) in [7, 11) is 0. The van der Waals surface area contributed by atoms with Crippen molar-refractivity contribution in [2.45, 2.75) is 26.8 Å². The van der Waals surface area contributed by atoms with E-state index >= 15 is 0 Å². The highest BCUT2D eigenvalue weighted by atomic mass is 19.1. The summed E-state index contributed by atoms with van der Waals surface area (Å²) in [6.07, 6.45) is 3.38. The summed E-state index contributed by atoms with van der Waals surface area (Å²) in [4.78, 5) is 27.6. The minimum atomic E-state index is -0.599. The lowest BCUT2D eigenvalue weighted by Gasteiger charge is -2.40. The number of nitrogens with zero attached hydrogens (tertiary/aromatic N) is 5. The van der Waals surface area contributed by atoms with Gasteiger partial charge in [-0.1, -0.05) is 19.9 Å². The predicted octanol–water partition coefficient (Wildman–Crippen LogP) is 3.07. The third kappa shape index (κ3) is 4.01. The molecule has 0 saturated heterocycles. The molecular weight excluding hydrogens is 376 g/mol. The molecule has 1 aromatic carbocycles. The number of benzene rings is 1. The molecule has 3 heterocycles. The maximum absolute atomic E-state index is 14.1. The fourth-order valence-electron chi connectivity index (χ4n) is 3.68. The van der Waals surface area contributed by atoms with Crippen molar-refractivity contribution in [3.05, 3.63) is 70.4 Å². The molecule has 6 nitrogen and oxygen atoms in total. The van der Waals surface area contributed by atoms with Gasteiger partial charge in [0.25, 0.3) is 5.56 Å². The van der Waals surface area contributed by atoms with Crippen LogP contribution < -0.4 is 10.5 Å². The quantitative estimate of drug-likeness (QED) is 0.677. The van der Waals surface area contributed by atoms with Crippen LogP contribution in [0.3, 0.4) is 0 Å². The van der Waals surface area contributed by atoms with Crippen LogP contribution in [0.15, 0.2) is 47.7 Å². The summed E-state index contributed by atoms with van der Waals surface area (Å²) in [5.41, 5.74) is 1.15. The first-order valence-corrected chi connectivity index (χ1v) is 9.40. The van der Waals surface area contributed by atoms with Gasteiger partial charge >= 0.3 is 0 Å². The zero-order chi connectivity index (χ0) is 20.6. The summed E-state index contributed by atoms with van der Waals surface area (Å²) in [6, 6.07) is 6.77. The second-order valence-electron chi connectivity index (χ2n) is 8.03. The molecule has 0 atom stereocenters. The molecule has 29 heavy (non-hydrogen) atoms. The fraction of sp³-hybridized carbons (Fsp3) is 0.333. The van der Waals surface area contributed by atoms with Crippen molar-refractivity contribution >= 4 is 5.95 Å². The van der Waals surface area contributed by atoms with Crippen LogP contribution in [0.5, 0.6) is 0 Å². The van der Waals surface area contributed by atoms with Gasteiger partial charge in [0.05, 0.1) is 11.4 Å². The van der Waals surface area contributed by atoms with Crippen molar-refractivity contribution in [3.8, 4) is 11.4 Å². The van der Waals surface area contributed by atoms with Crippen LogP contribution in [0.2, 0.25) is 0 Å². The van der Waals surface area contributed by atoms with Crippen LogP contribution >= 0.6 is 0 Å². The van der Waals surface area contributed by atoms with Gasteiger partial charge in [-0.05, 0) is 24.1 Å². The third-order valence-corrected chi connectivity index (χ3v) is 4.99. The smallest absolute Gasteiger partial charge is 0.255 e. The Labute approximate surface area is 166 Å².